The van der Waals surface area contributed by atoms with E-state index in [0.29, 0.717) is 23.6 Å². The number of rotatable bonds is 2. The van der Waals surface area contributed by atoms with E-state index in [1.807, 2.05) is 0 Å². The first-order valence-electron chi connectivity index (χ1n) is 5.29. The van der Waals surface area contributed by atoms with Gasteiger partial charge in [0.2, 0.25) is 5.91 Å². The molecule has 1 aromatic rings. The first kappa shape index (κ1) is 11.9. The number of nitrogens with zero attached hydrogens (tertiary/aromatic N) is 1. The lowest BCUT2D eigenvalue weighted by Gasteiger charge is -2.23. The Labute approximate surface area is 104 Å². The van der Waals surface area contributed by atoms with Crippen LogP contribution in [-0.4, -0.2) is 25.0 Å². The van der Waals surface area contributed by atoms with Crippen molar-refractivity contribution in [3.8, 4) is 0 Å². The van der Waals surface area contributed by atoms with Gasteiger partial charge in [0.1, 0.15) is 6.04 Å². The van der Waals surface area contributed by atoms with E-state index in [2.05, 4.69) is 0 Å². The van der Waals surface area contributed by atoms with Crippen LogP contribution in [0, 0.1) is 0 Å². The maximum Gasteiger partial charge on any atom is 0.328 e. The normalized spacial score (nSPS) is 19.5. The van der Waals surface area contributed by atoms with Gasteiger partial charge in [-0.25, -0.2) is 4.79 Å². The van der Waals surface area contributed by atoms with Crippen molar-refractivity contribution >= 4 is 29.2 Å². The fourth-order valence-corrected chi connectivity index (χ4v) is 2.22. The van der Waals surface area contributed by atoms with Crippen LogP contribution in [0.5, 0.6) is 0 Å². The number of carbonyl (C=O) groups excluding carboxylic acids is 2. The van der Waals surface area contributed by atoms with Crippen molar-refractivity contribution in [3.63, 3.8) is 0 Å². The number of amides is 1. The van der Waals surface area contributed by atoms with Crippen molar-refractivity contribution in [2.24, 2.45) is 0 Å². The molecule has 1 aromatic carbocycles. The average molecular weight is 254 g/mol. The lowest BCUT2D eigenvalue weighted by atomic mass is 10.2. The van der Waals surface area contributed by atoms with Crippen LogP contribution in [0.15, 0.2) is 24.3 Å². The summed E-state index contributed by atoms with van der Waals surface area (Å²) >= 11 is 6.04. The molecule has 0 radical (unpaired) electrons. The fourth-order valence-electron chi connectivity index (χ4n) is 1.99. The summed E-state index contributed by atoms with van der Waals surface area (Å²) in [6.45, 7) is 0. The van der Waals surface area contributed by atoms with E-state index in [1.54, 1.807) is 24.3 Å². The maximum absolute atomic E-state index is 11.8. The van der Waals surface area contributed by atoms with Gasteiger partial charge in [0, 0.05) is 6.42 Å². The molecule has 2 rings (SSSR count). The number of benzene rings is 1. The van der Waals surface area contributed by atoms with Gasteiger partial charge in [-0.2, -0.15) is 0 Å². The molecule has 1 aliphatic rings. The third kappa shape index (κ3) is 2.13. The van der Waals surface area contributed by atoms with Crippen LogP contribution < -0.4 is 4.90 Å². The lowest BCUT2D eigenvalue weighted by Crippen LogP contribution is -2.39. The third-order valence-electron chi connectivity index (χ3n) is 2.80. The number of para-hydroxylation sites is 1. The van der Waals surface area contributed by atoms with Gasteiger partial charge in [-0.3, -0.25) is 9.69 Å². The molecule has 0 saturated carbocycles. The molecular weight excluding hydrogens is 242 g/mol. The lowest BCUT2D eigenvalue weighted by molar-refractivity contribution is -0.142. The second kappa shape index (κ2) is 4.75. The molecule has 1 heterocycles. The van der Waals surface area contributed by atoms with Crippen LogP contribution in [-0.2, 0) is 14.3 Å². The highest BCUT2D eigenvalue weighted by molar-refractivity contribution is 6.34. The van der Waals surface area contributed by atoms with Gasteiger partial charge in [0.25, 0.3) is 0 Å². The van der Waals surface area contributed by atoms with Gasteiger partial charge < -0.3 is 4.74 Å². The van der Waals surface area contributed by atoms with Gasteiger partial charge in [0.05, 0.1) is 17.8 Å². The molecule has 4 nitrogen and oxygen atoms in total. The minimum atomic E-state index is -0.563. The molecule has 90 valence electrons. The minimum absolute atomic E-state index is 0.103. The molecule has 0 spiro atoms. The van der Waals surface area contributed by atoms with Crippen LogP contribution in [0.3, 0.4) is 0 Å². The van der Waals surface area contributed by atoms with Crippen molar-refractivity contribution in [1.29, 1.82) is 0 Å². The molecule has 17 heavy (non-hydrogen) atoms. The molecule has 0 aromatic heterocycles. The molecule has 1 fully saturated rings. The van der Waals surface area contributed by atoms with Crippen LogP contribution >= 0.6 is 11.6 Å². The zero-order valence-electron chi connectivity index (χ0n) is 9.35. The molecular formula is C12H12ClNO3. The summed E-state index contributed by atoms with van der Waals surface area (Å²) in [5.41, 5.74) is 0.562. The number of hydrogen-bond donors (Lipinski definition) is 0. The zero-order chi connectivity index (χ0) is 12.4. The second-order valence-electron chi connectivity index (χ2n) is 3.79. The first-order chi connectivity index (χ1) is 8.15. The van der Waals surface area contributed by atoms with Gasteiger partial charge in [-0.05, 0) is 18.6 Å². The number of carbonyl (C=O) groups is 2. The summed E-state index contributed by atoms with van der Waals surface area (Å²) in [4.78, 5) is 24.8. The van der Waals surface area contributed by atoms with E-state index in [9.17, 15) is 9.59 Å². The number of anilines is 1. The number of esters is 1. The summed E-state index contributed by atoms with van der Waals surface area (Å²) in [5.74, 6) is -0.510. The number of methoxy groups -OCH3 is 1. The third-order valence-corrected chi connectivity index (χ3v) is 3.12. The SMILES string of the molecule is COC(=O)[C@@H]1CCC(=O)N1c1ccccc1Cl. The maximum atomic E-state index is 11.8. The van der Waals surface area contributed by atoms with Crippen LogP contribution in [0.25, 0.3) is 0 Å². The monoisotopic (exact) mass is 253 g/mol. The topological polar surface area (TPSA) is 46.6 Å². The molecule has 0 N–H and O–H groups in total. The zero-order valence-corrected chi connectivity index (χ0v) is 10.1. The molecule has 5 heteroatoms. The summed E-state index contributed by atoms with van der Waals surface area (Å²) in [6, 6.07) is 6.41. The van der Waals surface area contributed by atoms with E-state index in [0.717, 1.165) is 0 Å². The van der Waals surface area contributed by atoms with Crippen LogP contribution in [0.1, 0.15) is 12.8 Å². The number of hydrogen-bond acceptors (Lipinski definition) is 3. The van der Waals surface area contributed by atoms with Gasteiger partial charge in [-0.15, -0.1) is 0 Å². The Balaban J connectivity index is 2.38. The smallest absolute Gasteiger partial charge is 0.328 e. The van der Waals surface area contributed by atoms with Crippen molar-refractivity contribution in [2.75, 3.05) is 12.0 Å². The van der Waals surface area contributed by atoms with E-state index < -0.39 is 12.0 Å². The molecule has 0 unspecified atom stereocenters. The van der Waals surface area contributed by atoms with Gasteiger partial charge in [-0.1, -0.05) is 23.7 Å². The van der Waals surface area contributed by atoms with E-state index in [-0.39, 0.29) is 5.91 Å². The average Bonchev–Trinajstić information content (AvgIpc) is 2.71. The highest BCUT2D eigenvalue weighted by Crippen LogP contribution is 2.32. The van der Waals surface area contributed by atoms with Crippen molar-refractivity contribution in [2.45, 2.75) is 18.9 Å². The standard InChI is InChI=1S/C12H12ClNO3/c1-17-12(16)10-6-7-11(15)14(10)9-5-3-2-4-8(9)13/h2-5,10H,6-7H2,1H3/t10-/m0/s1. The Morgan fingerprint density at radius 1 is 1.47 bits per heavy atom. The summed E-state index contributed by atoms with van der Waals surface area (Å²) in [5, 5.41) is 0.455. The second-order valence-corrected chi connectivity index (χ2v) is 4.20. The van der Waals surface area contributed by atoms with E-state index >= 15 is 0 Å². The fraction of sp³-hybridized carbons (Fsp3) is 0.333. The largest absolute Gasteiger partial charge is 0.467 e. The number of ether oxygens (including phenoxy) is 1. The Kier molecular flexibility index (Phi) is 3.33. The van der Waals surface area contributed by atoms with Crippen LogP contribution in [0.2, 0.25) is 5.02 Å². The van der Waals surface area contributed by atoms with Gasteiger partial charge in [0.15, 0.2) is 0 Å². The quantitative estimate of drug-likeness (QED) is 0.758. The molecule has 0 aliphatic carbocycles. The van der Waals surface area contributed by atoms with Crippen molar-refractivity contribution < 1.29 is 14.3 Å². The summed E-state index contributed by atoms with van der Waals surface area (Å²) in [7, 11) is 1.32. The Morgan fingerprint density at radius 2 is 2.18 bits per heavy atom. The molecule has 1 amide bonds. The van der Waals surface area contributed by atoms with Crippen LogP contribution in [0.4, 0.5) is 5.69 Å². The predicted molar refractivity (Wildman–Crippen MR) is 64.0 cm³/mol. The minimum Gasteiger partial charge on any atom is -0.467 e. The molecule has 1 saturated heterocycles. The van der Waals surface area contributed by atoms with Crippen molar-refractivity contribution in [1.82, 2.24) is 0 Å². The van der Waals surface area contributed by atoms with Gasteiger partial charge >= 0.3 is 5.97 Å². The molecule has 1 atom stereocenters. The summed E-state index contributed by atoms with van der Waals surface area (Å²) in [6.07, 6.45) is 0.807. The number of halogens is 1. The highest BCUT2D eigenvalue weighted by atomic mass is 35.5. The van der Waals surface area contributed by atoms with E-state index in [4.69, 9.17) is 16.3 Å². The Hall–Kier alpha value is -1.55. The highest BCUT2D eigenvalue weighted by Gasteiger charge is 2.38. The first-order valence-corrected chi connectivity index (χ1v) is 5.67. The molecule has 1 aliphatic heterocycles. The Morgan fingerprint density at radius 3 is 2.82 bits per heavy atom. The predicted octanol–water partition coefficient (Wildman–Crippen LogP) is 2.01. The Bertz CT molecular complexity index is 461. The summed E-state index contributed by atoms with van der Waals surface area (Å²) < 4.78 is 4.70. The molecule has 0 bridgehead atoms. The van der Waals surface area contributed by atoms with Crippen molar-refractivity contribution in [3.05, 3.63) is 29.3 Å². The van der Waals surface area contributed by atoms with E-state index in [1.165, 1.54) is 12.0 Å².